The summed E-state index contributed by atoms with van der Waals surface area (Å²) in [5, 5.41) is 3.48. The summed E-state index contributed by atoms with van der Waals surface area (Å²) in [4.78, 5) is 12.1. The fraction of sp³-hybridized carbons (Fsp3) is 0. The highest BCUT2D eigenvalue weighted by Gasteiger charge is 2.13. The molecule has 2 aromatic carbocycles. The van der Waals surface area contributed by atoms with Gasteiger partial charge in [-0.1, -0.05) is 22.0 Å². The summed E-state index contributed by atoms with van der Waals surface area (Å²) in [5.41, 5.74) is 1.14. The van der Waals surface area contributed by atoms with Crippen molar-refractivity contribution in [3.63, 3.8) is 0 Å². The Bertz CT molecular complexity index is 780. The van der Waals surface area contributed by atoms with E-state index in [-0.39, 0.29) is 17.5 Å². The van der Waals surface area contributed by atoms with E-state index < -0.39 is 0 Å². The van der Waals surface area contributed by atoms with E-state index in [0.29, 0.717) is 11.3 Å². The highest BCUT2D eigenvalue weighted by molar-refractivity contribution is 9.10. The van der Waals surface area contributed by atoms with Crippen LogP contribution < -0.4 is 5.32 Å². The van der Waals surface area contributed by atoms with Gasteiger partial charge in [-0.2, -0.15) is 0 Å². The Kier molecular flexibility index (Phi) is 3.28. The first-order chi connectivity index (χ1) is 9.63. The molecule has 1 amide bonds. The quantitative estimate of drug-likeness (QED) is 0.745. The van der Waals surface area contributed by atoms with Crippen LogP contribution in [0, 0.1) is 5.82 Å². The molecule has 0 aliphatic heterocycles. The smallest absolute Gasteiger partial charge is 0.291 e. The minimum Gasteiger partial charge on any atom is -0.451 e. The SMILES string of the molecule is O=C(Nc1ccc(F)cc1)c1cc2c(Br)cccc2o1. The summed E-state index contributed by atoms with van der Waals surface area (Å²) in [6.07, 6.45) is 0. The molecule has 3 aromatic rings. The van der Waals surface area contributed by atoms with Crippen LogP contribution in [0.25, 0.3) is 11.0 Å². The molecule has 0 aliphatic rings. The van der Waals surface area contributed by atoms with Crippen molar-refractivity contribution >= 4 is 38.5 Å². The Balaban J connectivity index is 1.89. The molecule has 3 nitrogen and oxygen atoms in total. The van der Waals surface area contributed by atoms with Crippen LogP contribution in [0.2, 0.25) is 0 Å². The first kappa shape index (κ1) is 12.9. The summed E-state index contributed by atoms with van der Waals surface area (Å²) >= 11 is 3.40. The van der Waals surface area contributed by atoms with Crippen molar-refractivity contribution in [3.8, 4) is 0 Å². The zero-order chi connectivity index (χ0) is 14.1. The Morgan fingerprint density at radius 2 is 1.90 bits per heavy atom. The molecule has 3 rings (SSSR count). The van der Waals surface area contributed by atoms with Gasteiger partial charge in [0.1, 0.15) is 11.4 Å². The van der Waals surface area contributed by atoms with E-state index in [0.717, 1.165) is 9.86 Å². The molecule has 0 atom stereocenters. The van der Waals surface area contributed by atoms with Crippen LogP contribution in [0.3, 0.4) is 0 Å². The van der Waals surface area contributed by atoms with Gasteiger partial charge in [-0.15, -0.1) is 0 Å². The number of carbonyl (C=O) groups is 1. The van der Waals surface area contributed by atoms with E-state index in [1.165, 1.54) is 24.3 Å². The van der Waals surface area contributed by atoms with Crippen LogP contribution in [-0.2, 0) is 0 Å². The van der Waals surface area contributed by atoms with Gasteiger partial charge >= 0.3 is 0 Å². The van der Waals surface area contributed by atoms with E-state index in [1.54, 1.807) is 12.1 Å². The van der Waals surface area contributed by atoms with Crippen LogP contribution in [0.4, 0.5) is 10.1 Å². The van der Waals surface area contributed by atoms with Crippen LogP contribution in [0.5, 0.6) is 0 Å². The summed E-state index contributed by atoms with van der Waals surface area (Å²) in [5.74, 6) is -0.522. The molecule has 0 saturated carbocycles. The zero-order valence-corrected chi connectivity index (χ0v) is 11.8. The van der Waals surface area contributed by atoms with Crippen LogP contribution >= 0.6 is 15.9 Å². The first-order valence-electron chi connectivity index (χ1n) is 5.88. The van der Waals surface area contributed by atoms with Gasteiger partial charge in [-0.3, -0.25) is 4.79 Å². The predicted octanol–water partition coefficient (Wildman–Crippen LogP) is 4.59. The summed E-state index contributed by atoms with van der Waals surface area (Å²) in [6, 6.07) is 12.7. The van der Waals surface area contributed by atoms with Crippen LogP contribution in [-0.4, -0.2) is 5.91 Å². The maximum absolute atomic E-state index is 12.8. The Morgan fingerprint density at radius 3 is 2.60 bits per heavy atom. The van der Waals surface area contributed by atoms with Gasteiger partial charge in [0.25, 0.3) is 5.91 Å². The summed E-state index contributed by atoms with van der Waals surface area (Å²) in [7, 11) is 0. The summed E-state index contributed by atoms with van der Waals surface area (Å²) < 4.78 is 19.1. The van der Waals surface area contributed by atoms with Gasteiger partial charge in [0.15, 0.2) is 5.76 Å². The molecular weight excluding hydrogens is 325 g/mol. The second kappa shape index (κ2) is 5.09. The van der Waals surface area contributed by atoms with E-state index in [4.69, 9.17) is 4.42 Å². The third kappa shape index (κ3) is 2.44. The highest BCUT2D eigenvalue weighted by Crippen LogP contribution is 2.27. The number of halogens is 2. The number of hydrogen-bond acceptors (Lipinski definition) is 2. The number of fused-ring (bicyclic) bond motifs is 1. The third-order valence-corrected chi connectivity index (χ3v) is 3.53. The van der Waals surface area contributed by atoms with Gasteiger partial charge in [0, 0.05) is 15.5 Å². The van der Waals surface area contributed by atoms with Gasteiger partial charge in [-0.05, 0) is 42.5 Å². The van der Waals surface area contributed by atoms with Crippen molar-refractivity contribution in [2.24, 2.45) is 0 Å². The lowest BCUT2D eigenvalue weighted by atomic mass is 10.2. The molecule has 0 aliphatic carbocycles. The topological polar surface area (TPSA) is 42.2 Å². The number of nitrogens with one attached hydrogen (secondary N) is 1. The number of anilines is 1. The lowest BCUT2D eigenvalue weighted by molar-refractivity contribution is 0.0998. The van der Waals surface area contributed by atoms with Gasteiger partial charge < -0.3 is 9.73 Å². The Labute approximate surface area is 122 Å². The number of hydrogen-bond donors (Lipinski definition) is 1. The molecule has 1 N–H and O–H groups in total. The molecule has 20 heavy (non-hydrogen) atoms. The van der Waals surface area contributed by atoms with Crippen molar-refractivity contribution in [3.05, 3.63) is 64.6 Å². The van der Waals surface area contributed by atoms with E-state index >= 15 is 0 Å². The predicted molar refractivity (Wildman–Crippen MR) is 78.3 cm³/mol. The summed E-state index contributed by atoms with van der Waals surface area (Å²) in [6.45, 7) is 0. The number of rotatable bonds is 2. The molecule has 100 valence electrons. The van der Waals surface area contributed by atoms with Crippen molar-refractivity contribution in [1.82, 2.24) is 0 Å². The largest absolute Gasteiger partial charge is 0.451 e. The fourth-order valence-corrected chi connectivity index (χ4v) is 2.33. The van der Waals surface area contributed by atoms with E-state index in [2.05, 4.69) is 21.2 Å². The molecular formula is C15H9BrFNO2. The van der Waals surface area contributed by atoms with Gasteiger partial charge in [0.2, 0.25) is 0 Å². The minimum atomic E-state index is -0.375. The number of benzene rings is 2. The van der Waals surface area contributed by atoms with Crippen molar-refractivity contribution in [2.75, 3.05) is 5.32 Å². The molecule has 5 heteroatoms. The lowest BCUT2D eigenvalue weighted by Gasteiger charge is -2.02. The molecule has 1 heterocycles. The Morgan fingerprint density at radius 1 is 1.15 bits per heavy atom. The maximum atomic E-state index is 12.8. The van der Waals surface area contributed by atoms with Gasteiger partial charge in [-0.25, -0.2) is 4.39 Å². The molecule has 0 fully saturated rings. The monoisotopic (exact) mass is 333 g/mol. The van der Waals surface area contributed by atoms with E-state index in [9.17, 15) is 9.18 Å². The molecule has 1 aromatic heterocycles. The molecule has 0 bridgehead atoms. The number of furan rings is 1. The second-order valence-corrected chi connectivity index (χ2v) is 5.08. The van der Waals surface area contributed by atoms with E-state index in [1.807, 2.05) is 12.1 Å². The van der Waals surface area contributed by atoms with Crippen molar-refractivity contribution in [1.29, 1.82) is 0 Å². The number of carbonyl (C=O) groups excluding carboxylic acids is 1. The average molecular weight is 334 g/mol. The molecule has 0 unspecified atom stereocenters. The third-order valence-electron chi connectivity index (χ3n) is 2.83. The molecule has 0 radical (unpaired) electrons. The average Bonchev–Trinajstić information content (AvgIpc) is 2.87. The molecule has 0 saturated heterocycles. The van der Waals surface area contributed by atoms with Crippen molar-refractivity contribution < 1.29 is 13.6 Å². The normalized spacial score (nSPS) is 10.7. The van der Waals surface area contributed by atoms with Crippen LogP contribution in [0.1, 0.15) is 10.6 Å². The molecule has 0 spiro atoms. The second-order valence-electron chi connectivity index (χ2n) is 4.22. The maximum Gasteiger partial charge on any atom is 0.291 e. The standard InChI is InChI=1S/C15H9BrFNO2/c16-12-2-1-3-13-11(12)8-14(20-13)15(19)18-10-6-4-9(17)5-7-10/h1-8H,(H,18,19). The van der Waals surface area contributed by atoms with Crippen molar-refractivity contribution in [2.45, 2.75) is 0 Å². The van der Waals surface area contributed by atoms with Crippen LogP contribution in [0.15, 0.2) is 57.4 Å². The fourth-order valence-electron chi connectivity index (χ4n) is 1.86. The minimum absolute atomic E-state index is 0.205. The van der Waals surface area contributed by atoms with Gasteiger partial charge in [0.05, 0.1) is 0 Å². The first-order valence-corrected chi connectivity index (χ1v) is 6.68. The number of amides is 1. The zero-order valence-electron chi connectivity index (χ0n) is 10.2. The highest BCUT2D eigenvalue weighted by atomic mass is 79.9. The Hall–Kier alpha value is -2.14. The lowest BCUT2D eigenvalue weighted by Crippen LogP contribution is -2.10.